The van der Waals surface area contributed by atoms with Crippen molar-refractivity contribution in [1.82, 2.24) is 15.2 Å². The molecule has 21 heavy (non-hydrogen) atoms. The fourth-order valence-electron chi connectivity index (χ4n) is 1.77. The second kappa shape index (κ2) is 7.45. The Kier molecular flexibility index (Phi) is 6.20. The molecule has 1 rings (SSSR count). The summed E-state index contributed by atoms with van der Waals surface area (Å²) in [5.74, 6) is 1.59. The van der Waals surface area contributed by atoms with Gasteiger partial charge in [0.25, 0.3) is 0 Å². The number of carbonyl (C=O) groups is 1. The smallest absolute Gasteiger partial charge is 0.407 e. The second-order valence-corrected chi connectivity index (χ2v) is 6.27. The number of hydrogen-bond acceptors (Lipinski definition) is 5. The number of rotatable bonds is 6. The Labute approximate surface area is 126 Å². The van der Waals surface area contributed by atoms with Crippen molar-refractivity contribution < 1.29 is 13.9 Å². The van der Waals surface area contributed by atoms with Crippen LogP contribution in [0.5, 0.6) is 0 Å². The quantitative estimate of drug-likeness (QED) is 0.818. The van der Waals surface area contributed by atoms with Crippen molar-refractivity contribution in [3.8, 4) is 0 Å². The van der Waals surface area contributed by atoms with Crippen molar-refractivity contribution in [2.45, 2.75) is 53.2 Å². The number of ether oxygens (including phenoxy) is 1. The molecule has 1 N–H and O–H groups in total. The van der Waals surface area contributed by atoms with Crippen molar-refractivity contribution in [2.75, 3.05) is 20.1 Å². The van der Waals surface area contributed by atoms with Gasteiger partial charge < -0.3 is 14.5 Å². The number of oxazole rings is 1. The number of nitrogens with zero attached hydrogens (tertiary/aromatic N) is 2. The molecule has 1 amide bonds. The van der Waals surface area contributed by atoms with Crippen LogP contribution in [0.2, 0.25) is 0 Å². The van der Waals surface area contributed by atoms with Crippen LogP contribution >= 0.6 is 0 Å². The van der Waals surface area contributed by atoms with E-state index in [0.29, 0.717) is 13.1 Å². The number of alkyl carbamates (subject to hydrolysis) is 1. The molecular formula is C15H27N3O3. The molecule has 0 aliphatic carbocycles. The Morgan fingerprint density at radius 2 is 2.05 bits per heavy atom. The van der Waals surface area contributed by atoms with Crippen LogP contribution in [0, 0.1) is 13.8 Å². The van der Waals surface area contributed by atoms with E-state index in [1.165, 1.54) is 0 Å². The number of amides is 1. The van der Waals surface area contributed by atoms with Gasteiger partial charge in [-0.05, 0) is 48.1 Å². The lowest BCUT2D eigenvalue weighted by Gasteiger charge is -2.20. The highest BCUT2D eigenvalue weighted by Gasteiger charge is 2.15. The van der Waals surface area contributed by atoms with E-state index in [0.717, 1.165) is 30.3 Å². The van der Waals surface area contributed by atoms with Crippen molar-refractivity contribution in [1.29, 1.82) is 0 Å². The van der Waals surface area contributed by atoms with Crippen molar-refractivity contribution in [3.05, 3.63) is 17.3 Å². The molecule has 0 atom stereocenters. The lowest BCUT2D eigenvalue weighted by molar-refractivity contribution is 0.0525. The molecule has 0 saturated heterocycles. The van der Waals surface area contributed by atoms with E-state index in [4.69, 9.17) is 9.15 Å². The monoisotopic (exact) mass is 297 g/mol. The molecule has 6 heteroatoms. The lowest BCUT2D eigenvalue weighted by atomic mass is 10.2. The van der Waals surface area contributed by atoms with Gasteiger partial charge in [-0.2, -0.15) is 0 Å². The Bertz CT molecular complexity index is 444. The third kappa shape index (κ3) is 7.13. The first-order valence-corrected chi connectivity index (χ1v) is 7.25. The number of aromatic nitrogens is 1. The van der Waals surface area contributed by atoms with Gasteiger partial charge in [-0.1, -0.05) is 0 Å². The van der Waals surface area contributed by atoms with E-state index in [-0.39, 0.29) is 6.09 Å². The molecule has 1 aromatic rings. The topological polar surface area (TPSA) is 67.6 Å². The summed E-state index contributed by atoms with van der Waals surface area (Å²) < 4.78 is 10.7. The molecule has 120 valence electrons. The summed E-state index contributed by atoms with van der Waals surface area (Å²) in [7, 11) is 2.00. The van der Waals surface area contributed by atoms with E-state index in [9.17, 15) is 4.79 Å². The summed E-state index contributed by atoms with van der Waals surface area (Å²) in [5, 5.41) is 2.74. The highest BCUT2D eigenvalue weighted by molar-refractivity contribution is 5.67. The zero-order chi connectivity index (χ0) is 16.0. The van der Waals surface area contributed by atoms with Gasteiger partial charge in [-0.25, -0.2) is 9.78 Å². The minimum absolute atomic E-state index is 0.371. The second-order valence-electron chi connectivity index (χ2n) is 6.27. The molecule has 1 heterocycles. The fourth-order valence-corrected chi connectivity index (χ4v) is 1.77. The average molecular weight is 297 g/mol. The maximum atomic E-state index is 11.5. The molecule has 0 spiro atoms. The van der Waals surface area contributed by atoms with Crippen LogP contribution in [0.3, 0.4) is 0 Å². The molecule has 0 bridgehead atoms. The lowest BCUT2D eigenvalue weighted by Crippen LogP contribution is -2.34. The molecule has 0 fully saturated rings. The van der Waals surface area contributed by atoms with Crippen LogP contribution in [-0.4, -0.2) is 41.7 Å². The van der Waals surface area contributed by atoms with Gasteiger partial charge >= 0.3 is 6.09 Å². The first-order chi connectivity index (χ1) is 9.67. The molecule has 0 aliphatic heterocycles. The summed E-state index contributed by atoms with van der Waals surface area (Å²) in [6.07, 6.45) is 0.470. The van der Waals surface area contributed by atoms with E-state index in [1.807, 2.05) is 41.7 Å². The van der Waals surface area contributed by atoms with E-state index in [1.54, 1.807) is 0 Å². The predicted octanol–water partition coefficient (Wildman–Crippen LogP) is 2.64. The maximum Gasteiger partial charge on any atom is 0.407 e. The van der Waals surface area contributed by atoms with Gasteiger partial charge in [0.15, 0.2) is 0 Å². The van der Waals surface area contributed by atoms with E-state index in [2.05, 4.69) is 15.2 Å². The third-order valence-corrected chi connectivity index (χ3v) is 2.86. The molecule has 0 saturated carbocycles. The van der Waals surface area contributed by atoms with Crippen LogP contribution in [0.1, 0.15) is 44.5 Å². The molecule has 0 aromatic carbocycles. The Morgan fingerprint density at radius 3 is 2.57 bits per heavy atom. The van der Waals surface area contributed by atoms with Gasteiger partial charge in [0.2, 0.25) is 5.89 Å². The molecule has 0 unspecified atom stereocenters. The fraction of sp³-hybridized carbons (Fsp3) is 0.733. The third-order valence-electron chi connectivity index (χ3n) is 2.86. The zero-order valence-electron chi connectivity index (χ0n) is 13.9. The Hall–Kier alpha value is -1.56. The highest BCUT2D eigenvalue weighted by atomic mass is 16.6. The van der Waals surface area contributed by atoms with E-state index < -0.39 is 5.60 Å². The van der Waals surface area contributed by atoms with E-state index >= 15 is 0 Å². The minimum atomic E-state index is -0.457. The molecular weight excluding hydrogens is 270 g/mol. The van der Waals surface area contributed by atoms with Crippen LogP contribution < -0.4 is 5.32 Å². The first kappa shape index (κ1) is 17.5. The zero-order valence-corrected chi connectivity index (χ0v) is 13.9. The van der Waals surface area contributed by atoms with Crippen molar-refractivity contribution >= 4 is 6.09 Å². The van der Waals surface area contributed by atoms with Gasteiger partial charge in [0.05, 0.1) is 12.2 Å². The molecule has 6 nitrogen and oxygen atoms in total. The van der Waals surface area contributed by atoms with Crippen LogP contribution in [-0.2, 0) is 11.3 Å². The number of nitrogens with one attached hydrogen (secondary N) is 1. The standard InChI is InChI=1S/C15H27N3O3/c1-11-12(2)20-13(17-11)10-18(6)9-7-8-16-14(19)21-15(3,4)5/h7-10H2,1-6H3,(H,16,19). The van der Waals surface area contributed by atoms with Crippen LogP contribution in [0.4, 0.5) is 4.79 Å². The number of hydrogen-bond donors (Lipinski definition) is 1. The number of carbonyl (C=O) groups excluding carboxylic acids is 1. The SMILES string of the molecule is Cc1nc(CN(C)CCCNC(=O)OC(C)(C)C)oc1C. The molecule has 0 aliphatic rings. The molecule has 1 aromatic heterocycles. The summed E-state index contributed by atoms with van der Waals surface area (Å²) in [6, 6.07) is 0. The first-order valence-electron chi connectivity index (χ1n) is 7.25. The number of aryl methyl sites for hydroxylation is 2. The summed E-state index contributed by atoms with van der Waals surface area (Å²) in [6.45, 7) is 11.5. The van der Waals surface area contributed by atoms with Crippen molar-refractivity contribution in [3.63, 3.8) is 0 Å². The largest absolute Gasteiger partial charge is 0.444 e. The van der Waals surface area contributed by atoms with Gasteiger partial charge in [-0.3, -0.25) is 4.90 Å². The summed E-state index contributed by atoms with van der Waals surface area (Å²) >= 11 is 0. The van der Waals surface area contributed by atoms with Gasteiger partial charge in [0.1, 0.15) is 11.4 Å². The average Bonchev–Trinajstić information content (AvgIpc) is 2.61. The summed E-state index contributed by atoms with van der Waals surface area (Å²) in [4.78, 5) is 17.9. The predicted molar refractivity (Wildman–Crippen MR) is 81.2 cm³/mol. The molecule has 0 radical (unpaired) electrons. The van der Waals surface area contributed by atoms with Gasteiger partial charge in [-0.15, -0.1) is 0 Å². The highest BCUT2D eigenvalue weighted by Crippen LogP contribution is 2.10. The van der Waals surface area contributed by atoms with Gasteiger partial charge in [0, 0.05) is 13.1 Å². The Morgan fingerprint density at radius 1 is 1.38 bits per heavy atom. The maximum absolute atomic E-state index is 11.5. The Balaban J connectivity index is 2.19. The normalized spacial score (nSPS) is 11.8. The van der Waals surface area contributed by atoms with Crippen molar-refractivity contribution in [2.24, 2.45) is 0 Å². The summed E-state index contributed by atoms with van der Waals surface area (Å²) in [5.41, 5.74) is 0.478. The van der Waals surface area contributed by atoms with Crippen LogP contribution in [0.15, 0.2) is 4.42 Å². The van der Waals surface area contributed by atoms with Crippen LogP contribution in [0.25, 0.3) is 0 Å². The minimum Gasteiger partial charge on any atom is -0.444 e.